The van der Waals surface area contributed by atoms with E-state index in [-0.39, 0.29) is 40.9 Å². The first-order chi connectivity index (χ1) is 17.3. The predicted molar refractivity (Wildman–Crippen MR) is 146 cm³/mol. The summed E-state index contributed by atoms with van der Waals surface area (Å²) in [4.78, 5) is 45.2. The van der Waals surface area contributed by atoms with Crippen LogP contribution in [0, 0.1) is 11.8 Å². The van der Waals surface area contributed by atoms with Crippen molar-refractivity contribution >= 4 is 35.3 Å². The maximum Gasteiger partial charge on any atom is 0.322 e. The predicted octanol–water partition coefficient (Wildman–Crippen LogP) is 5.17. The number of thioether (sulfide) groups is 1. The lowest BCUT2D eigenvalue weighted by Crippen LogP contribution is -2.51. The standard InChI is InChI=1S/C28H42N4O3S/c1-5-20(6-2)27-31(16-11-19(3)4)26(34)24(36-27)17-25(33)30-14-12-22(13-15-30)32-18-21-9-7-8-10-23(21)29-28(32)35/h7-10,19-20,22,24,27H,5-6,11-18H2,1-4H3,(H,29,35). The summed E-state index contributed by atoms with van der Waals surface area (Å²) >= 11 is 1.71. The third-order valence-electron chi connectivity index (χ3n) is 8.05. The minimum atomic E-state index is -0.280. The van der Waals surface area contributed by atoms with Gasteiger partial charge < -0.3 is 20.0 Å². The van der Waals surface area contributed by atoms with Gasteiger partial charge in [-0.25, -0.2) is 4.79 Å². The lowest BCUT2D eigenvalue weighted by molar-refractivity contribution is -0.137. The molecule has 3 aliphatic rings. The van der Waals surface area contributed by atoms with Crippen LogP contribution in [0.3, 0.4) is 0 Å². The Balaban J connectivity index is 1.33. The average Bonchev–Trinajstić information content (AvgIpc) is 3.17. The molecule has 2 atom stereocenters. The van der Waals surface area contributed by atoms with Gasteiger partial charge in [0.15, 0.2) is 0 Å². The van der Waals surface area contributed by atoms with Crippen LogP contribution < -0.4 is 5.32 Å². The second kappa shape index (κ2) is 11.9. The quantitative estimate of drug-likeness (QED) is 0.494. The first kappa shape index (κ1) is 26.8. The second-order valence-electron chi connectivity index (χ2n) is 10.8. The molecule has 0 aromatic heterocycles. The zero-order valence-corrected chi connectivity index (χ0v) is 23.1. The normalized spacial score (nSPS) is 23.0. The number of piperidine rings is 1. The van der Waals surface area contributed by atoms with Crippen LogP contribution in [0.1, 0.15) is 71.8 Å². The molecule has 198 valence electrons. The van der Waals surface area contributed by atoms with Gasteiger partial charge in [0.25, 0.3) is 0 Å². The van der Waals surface area contributed by atoms with Crippen LogP contribution in [-0.2, 0) is 16.1 Å². The number of nitrogens with zero attached hydrogens (tertiary/aromatic N) is 3. The highest BCUT2D eigenvalue weighted by Gasteiger charge is 2.44. The molecule has 7 nitrogen and oxygen atoms in total. The summed E-state index contributed by atoms with van der Waals surface area (Å²) in [5.74, 6) is 1.22. The van der Waals surface area contributed by atoms with E-state index >= 15 is 0 Å². The molecule has 2 fully saturated rings. The van der Waals surface area contributed by atoms with Gasteiger partial charge in [-0.2, -0.15) is 0 Å². The van der Waals surface area contributed by atoms with Gasteiger partial charge in [-0.15, -0.1) is 11.8 Å². The topological polar surface area (TPSA) is 73.0 Å². The number of anilines is 1. The minimum Gasteiger partial charge on any atom is -0.342 e. The SMILES string of the molecule is CCC(CC)C1SC(CC(=O)N2CCC(N3Cc4ccccc4NC3=O)CC2)C(=O)N1CCC(C)C. The van der Waals surface area contributed by atoms with E-state index in [1.165, 1.54) is 0 Å². The summed E-state index contributed by atoms with van der Waals surface area (Å²) in [6.07, 6.45) is 4.89. The Kier molecular flexibility index (Phi) is 8.86. The molecule has 0 radical (unpaired) electrons. The molecule has 2 saturated heterocycles. The Morgan fingerprint density at radius 2 is 1.81 bits per heavy atom. The first-order valence-corrected chi connectivity index (χ1v) is 14.7. The van der Waals surface area contributed by atoms with Crippen molar-refractivity contribution in [2.75, 3.05) is 25.0 Å². The fourth-order valence-electron chi connectivity index (χ4n) is 5.67. The van der Waals surface area contributed by atoms with E-state index in [2.05, 4.69) is 44.0 Å². The van der Waals surface area contributed by atoms with Crippen LogP contribution in [0.2, 0.25) is 0 Å². The number of carbonyl (C=O) groups is 3. The fourth-order valence-corrected chi connectivity index (χ4v) is 7.46. The monoisotopic (exact) mass is 514 g/mol. The summed E-state index contributed by atoms with van der Waals surface area (Å²) in [5, 5.41) is 2.90. The largest absolute Gasteiger partial charge is 0.342 e. The molecule has 1 N–H and O–H groups in total. The van der Waals surface area contributed by atoms with Crippen LogP contribution in [-0.4, -0.2) is 68.8 Å². The third-order valence-corrected chi connectivity index (χ3v) is 9.66. The van der Waals surface area contributed by atoms with E-state index in [9.17, 15) is 14.4 Å². The molecule has 36 heavy (non-hydrogen) atoms. The van der Waals surface area contributed by atoms with Gasteiger partial charge in [0.2, 0.25) is 11.8 Å². The van der Waals surface area contributed by atoms with Crippen LogP contribution >= 0.6 is 11.8 Å². The molecule has 0 bridgehead atoms. The number of amides is 4. The molecule has 4 amide bonds. The number of rotatable bonds is 9. The van der Waals surface area contributed by atoms with Gasteiger partial charge >= 0.3 is 6.03 Å². The maximum absolute atomic E-state index is 13.4. The molecule has 3 heterocycles. The van der Waals surface area contributed by atoms with Crippen molar-refractivity contribution in [3.05, 3.63) is 29.8 Å². The minimum absolute atomic E-state index is 0.0552. The number of fused-ring (bicyclic) bond motifs is 1. The Labute approximate surface area is 220 Å². The van der Waals surface area contributed by atoms with Crippen molar-refractivity contribution in [3.63, 3.8) is 0 Å². The van der Waals surface area contributed by atoms with Gasteiger partial charge in [0, 0.05) is 44.3 Å². The molecule has 0 aliphatic carbocycles. The Bertz CT molecular complexity index is 942. The lowest BCUT2D eigenvalue weighted by Gasteiger charge is -2.40. The number of hydrogen-bond donors (Lipinski definition) is 1. The van der Waals surface area contributed by atoms with Crippen molar-refractivity contribution in [1.82, 2.24) is 14.7 Å². The van der Waals surface area contributed by atoms with E-state index in [0.717, 1.165) is 49.9 Å². The third kappa shape index (κ3) is 5.84. The van der Waals surface area contributed by atoms with Crippen LogP contribution in [0.4, 0.5) is 10.5 Å². The summed E-state index contributed by atoms with van der Waals surface area (Å²) in [6, 6.07) is 7.98. The van der Waals surface area contributed by atoms with Crippen molar-refractivity contribution in [1.29, 1.82) is 0 Å². The Hall–Kier alpha value is -2.22. The van der Waals surface area contributed by atoms with Crippen LogP contribution in [0.25, 0.3) is 0 Å². The fraction of sp³-hybridized carbons (Fsp3) is 0.679. The number of para-hydroxylation sites is 1. The van der Waals surface area contributed by atoms with Gasteiger partial charge in [-0.05, 0) is 42.7 Å². The highest BCUT2D eigenvalue weighted by Crippen LogP contribution is 2.40. The smallest absolute Gasteiger partial charge is 0.322 e. The van der Waals surface area contributed by atoms with Gasteiger partial charge in [-0.1, -0.05) is 58.7 Å². The second-order valence-corrected chi connectivity index (χ2v) is 12.2. The molecule has 0 spiro atoms. The molecule has 1 aromatic rings. The number of nitrogens with one attached hydrogen (secondary N) is 1. The van der Waals surface area contributed by atoms with Gasteiger partial charge in [-0.3, -0.25) is 9.59 Å². The van der Waals surface area contributed by atoms with E-state index in [0.29, 0.717) is 31.5 Å². The van der Waals surface area contributed by atoms with Gasteiger partial charge in [0.1, 0.15) is 0 Å². The molecule has 2 unspecified atom stereocenters. The van der Waals surface area contributed by atoms with Crippen molar-refractivity contribution < 1.29 is 14.4 Å². The van der Waals surface area contributed by atoms with Gasteiger partial charge in [0.05, 0.1) is 10.6 Å². The highest BCUT2D eigenvalue weighted by molar-refractivity contribution is 8.01. The van der Waals surface area contributed by atoms with Crippen molar-refractivity contribution in [3.8, 4) is 0 Å². The Morgan fingerprint density at radius 1 is 1.11 bits per heavy atom. The molecule has 0 saturated carbocycles. The maximum atomic E-state index is 13.4. The number of hydrogen-bond acceptors (Lipinski definition) is 4. The van der Waals surface area contributed by atoms with E-state index in [4.69, 9.17) is 0 Å². The zero-order chi connectivity index (χ0) is 25.8. The Morgan fingerprint density at radius 3 is 2.47 bits per heavy atom. The molecule has 8 heteroatoms. The summed E-state index contributed by atoms with van der Waals surface area (Å²) in [6.45, 7) is 11.4. The molecule has 1 aromatic carbocycles. The van der Waals surface area contributed by atoms with Crippen molar-refractivity contribution in [2.24, 2.45) is 11.8 Å². The van der Waals surface area contributed by atoms with E-state index in [1.54, 1.807) is 11.8 Å². The molecule has 4 rings (SSSR count). The number of urea groups is 1. The summed E-state index contributed by atoms with van der Waals surface area (Å²) in [7, 11) is 0. The lowest BCUT2D eigenvalue weighted by atomic mass is 10.00. The number of carbonyl (C=O) groups excluding carboxylic acids is 3. The first-order valence-electron chi connectivity index (χ1n) is 13.7. The zero-order valence-electron chi connectivity index (χ0n) is 22.2. The number of likely N-dealkylation sites (tertiary alicyclic amines) is 1. The number of benzene rings is 1. The summed E-state index contributed by atoms with van der Waals surface area (Å²) < 4.78 is 0. The van der Waals surface area contributed by atoms with E-state index in [1.807, 2.05) is 28.0 Å². The molecular weight excluding hydrogens is 472 g/mol. The van der Waals surface area contributed by atoms with Crippen LogP contribution in [0.5, 0.6) is 0 Å². The molecule has 3 aliphatic heterocycles. The van der Waals surface area contributed by atoms with Crippen LogP contribution in [0.15, 0.2) is 24.3 Å². The average molecular weight is 515 g/mol. The van der Waals surface area contributed by atoms with E-state index < -0.39 is 0 Å². The molecular formula is C28H42N4O3S. The van der Waals surface area contributed by atoms with Crippen molar-refractivity contribution in [2.45, 2.75) is 89.4 Å². The summed E-state index contributed by atoms with van der Waals surface area (Å²) in [5.41, 5.74) is 2.01. The highest BCUT2D eigenvalue weighted by atomic mass is 32.2.